The summed E-state index contributed by atoms with van der Waals surface area (Å²) in [5.74, 6) is -12.2. The lowest BCUT2D eigenvalue weighted by atomic mass is 9.99. The van der Waals surface area contributed by atoms with E-state index in [4.69, 9.17) is 16.8 Å². The van der Waals surface area contributed by atoms with Gasteiger partial charge in [-0.25, -0.2) is 0 Å². The molecule has 0 aliphatic rings. The molecule has 0 bridgehead atoms. The van der Waals surface area contributed by atoms with Gasteiger partial charge in [-0.2, -0.15) is 30.7 Å². The van der Waals surface area contributed by atoms with Crippen molar-refractivity contribution in [1.82, 2.24) is 0 Å². The number of benzene rings is 1. The van der Waals surface area contributed by atoms with Gasteiger partial charge in [0.15, 0.2) is 5.71 Å². The molecule has 0 aliphatic heterocycles. The van der Waals surface area contributed by atoms with E-state index < -0.39 is 29.3 Å². The molecule has 0 spiro atoms. The Labute approximate surface area is 112 Å². The molecule has 1 N–H and O–H groups in total. The van der Waals surface area contributed by atoms with Gasteiger partial charge in [-0.3, -0.25) is 0 Å². The first kappa shape index (κ1) is 16.5. The molecule has 2 nitrogen and oxygen atoms in total. The van der Waals surface area contributed by atoms with Crippen LogP contribution in [0.15, 0.2) is 29.4 Å². The zero-order chi connectivity index (χ0) is 15.8. The highest BCUT2D eigenvalue weighted by Crippen LogP contribution is 2.48. The van der Waals surface area contributed by atoms with Crippen LogP contribution in [0.4, 0.5) is 30.7 Å². The smallest absolute Gasteiger partial charge is 0.410 e. The number of hydrogen-bond acceptors (Lipinski definition) is 2. The Morgan fingerprint density at radius 2 is 1.40 bits per heavy atom. The van der Waals surface area contributed by atoms with Crippen molar-refractivity contribution in [3.63, 3.8) is 0 Å². The van der Waals surface area contributed by atoms with E-state index in [0.717, 1.165) is 24.3 Å². The summed E-state index contributed by atoms with van der Waals surface area (Å²) in [6, 6.07) is 3.36. The molecule has 0 saturated heterocycles. The van der Waals surface area contributed by atoms with Gasteiger partial charge >= 0.3 is 18.0 Å². The van der Waals surface area contributed by atoms with Gasteiger partial charge in [0.1, 0.15) is 0 Å². The van der Waals surface area contributed by atoms with Crippen LogP contribution in [0.1, 0.15) is 5.56 Å². The summed E-state index contributed by atoms with van der Waals surface area (Å²) in [7, 11) is 0. The van der Waals surface area contributed by atoms with E-state index in [9.17, 15) is 30.7 Å². The molecule has 0 heterocycles. The van der Waals surface area contributed by atoms with Crippen LogP contribution in [0.3, 0.4) is 0 Å². The monoisotopic (exact) mass is 323 g/mol. The first-order valence-corrected chi connectivity index (χ1v) is 5.13. The second-order valence-electron chi connectivity index (χ2n) is 3.60. The van der Waals surface area contributed by atoms with Crippen molar-refractivity contribution in [3.8, 4) is 0 Å². The predicted octanol–water partition coefficient (Wildman–Crippen LogP) is 4.35. The van der Waals surface area contributed by atoms with Gasteiger partial charge < -0.3 is 5.21 Å². The molecule has 0 amide bonds. The number of nitrogens with zero attached hydrogens (tertiary/aromatic N) is 1. The molecule has 1 aromatic carbocycles. The van der Waals surface area contributed by atoms with Crippen LogP contribution in [-0.4, -0.2) is 28.9 Å². The zero-order valence-corrected chi connectivity index (χ0v) is 9.98. The number of oxime groups is 1. The van der Waals surface area contributed by atoms with Gasteiger partial charge in [-0.1, -0.05) is 28.9 Å². The fourth-order valence-corrected chi connectivity index (χ4v) is 1.36. The van der Waals surface area contributed by atoms with E-state index >= 15 is 0 Å². The van der Waals surface area contributed by atoms with Crippen LogP contribution in [-0.2, 0) is 0 Å². The largest absolute Gasteiger partial charge is 0.460 e. The molecular weight excluding hydrogens is 319 g/mol. The Hall–Kier alpha value is -1.51. The summed E-state index contributed by atoms with van der Waals surface area (Å²) >= 11 is 5.42. The van der Waals surface area contributed by atoms with Crippen LogP contribution in [0.5, 0.6) is 0 Å². The molecule has 0 aliphatic carbocycles. The third-order valence-corrected chi connectivity index (χ3v) is 2.52. The van der Waals surface area contributed by atoms with Crippen molar-refractivity contribution in [3.05, 3.63) is 34.9 Å². The van der Waals surface area contributed by atoms with E-state index in [-0.39, 0.29) is 5.02 Å². The molecular formula is C10H5ClF7NO. The fourth-order valence-electron chi connectivity index (χ4n) is 1.24. The highest BCUT2D eigenvalue weighted by atomic mass is 35.5. The highest BCUT2D eigenvalue weighted by molar-refractivity contribution is 6.30. The Kier molecular flexibility index (Phi) is 4.23. The Morgan fingerprint density at radius 1 is 0.950 bits per heavy atom. The van der Waals surface area contributed by atoms with Gasteiger partial charge in [0, 0.05) is 10.6 Å². The van der Waals surface area contributed by atoms with E-state index in [1.54, 1.807) is 0 Å². The second kappa shape index (κ2) is 5.12. The Bertz CT molecular complexity index is 509. The molecule has 0 atom stereocenters. The number of alkyl halides is 7. The third-order valence-electron chi connectivity index (χ3n) is 2.27. The molecule has 1 rings (SSSR count). The first-order valence-electron chi connectivity index (χ1n) is 4.76. The average Bonchev–Trinajstić information content (AvgIpc) is 2.30. The average molecular weight is 324 g/mol. The molecule has 20 heavy (non-hydrogen) atoms. The number of halogens is 8. The van der Waals surface area contributed by atoms with Crippen LogP contribution in [0.25, 0.3) is 0 Å². The normalized spacial score (nSPS) is 14.5. The van der Waals surface area contributed by atoms with Crippen molar-refractivity contribution in [2.24, 2.45) is 5.16 Å². The van der Waals surface area contributed by atoms with E-state index in [1.165, 1.54) is 0 Å². The van der Waals surface area contributed by atoms with E-state index in [1.807, 2.05) is 5.16 Å². The van der Waals surface area contributed by atoms with Gasteiger partial charge in [0.05, 0.1) is 0 Å². The first-order chi connectivity index (χ1) is 8.95. The van der Waals surface area contributed by atoms with E-state index in [2.05, 4.69) is 0 Å². The summed E-state index contributed by atoms with van der Waals surface area (Å²) in [5.41, 5.74) is -2.94. The van der Waals surface area contributed by atoms with Gasteiger partial charge in [-0.05, 0) is 12.1 Å². The minimum Gasteiger partial charge on any atom is -0.410 e. The standard InChI is InChI=1S/C10H5ClF7NO/c11-6-3-1-5(2-4-6)7(19-20)8(12,13)9(14,15)10(16,17)18/h1-4,20H/b19-7+. The van der Waals surface area contributed by atoms with Crippen molar-refractivity contribution in [1.29, 1.82) is 0 Å². The number of rotatable bonds is 3. The lowest BCUT2D eigenvalue weighted by Gasteiger charge is -2.28. The number of hydrogen-bond donors (Lipinski definition) is 1. The summed E-state index contributed by atoms with van der Waals surface area (Å²) in [4.78, 5) is 0. The summed E-state index contributed by atoms with van der Waals surface area (Å²) in [6.45, 7) is 0. The zero-order valence-electron chi connectivity index (χ0n) is 9.23. The topological polar surface area (TPSA) is 32.6 Å². The van der Waals surface area contributed by atoms with Crippen LogP contribution < -0.4 is 0 Å². The van der Waals surface area contributed by atoms with Crippen molar-refractivity contribution >= 4 is 17.3 Å². The maximum atomic E-state index is 13.4. The summed E-state index contributed by atoms with van der Waals surface area (Å²) < 4.78 is 88.4. The SMILES string of the molecule is O/N=C(\c1ccc(Cl)cc1)C(F)(F)C(F)(F)C(F)(F)F. The third kappa shape index (κ3) is 2.67. The lowest BCUT2D eigenvalue weighted by Crippen LogP contribution is -2.56. The fraction of sp³-hybridized carbons (Fsp3) is 0.300. The maximum Gasteiger partial charge on any atom is 0.460 e. The summed E-state index contributed by atoms with van der Waals surface area (Å²) in [5, 5.41) is 10.3. The van der Waals surface area contributed by atoms with Crippen molar-refractivity contribution < 1.29 is 35.9 Å². The molecule has 1 aromatic rings. The van der Waals surface area contributed by atoms with Gasteiger partial charge in [0.2, 0.25) is 0 Å². The quantitative estimate of drug-likeness (QED) is 0.381. The van der Waals surface area contributed by atoms with Crippen molar-refractivity contribution in [2.75, 3.05) is 0 Å². The molecule has 112 valence electrons. The summed E-state index contributed by atoms with van der Waals surface area (Å²) in [6.07, 6.45) is -6.52. The minimum absolute atomic E-state index is 0.0249. The van der Waals surface area contributed by atoms with Gasteiger partial charge in [-0.15, -0.1) is 0 Å². The van der Waals surface area contributed by atoms with E-state index in [0.29, 0.717) is 0 Å². The molecule has 10 heteroatoms. The molecule has 0 saturated carbocycles. The molecule has 0 radical (unpaired) electrons. The van der Waals surface area contributed by atoms with Crippen LogP contribution >= 0.6 is 11.6 Å². The Morgan fingerprint density at radius 3 is 1.75 bits per heavy atom. The minimum atomic E-state index is -6.52. The molecule has 0 aromatic heterocycles. The predicted molar refractivity (Wildman–Crippen MR) is 55.7 cm³/mol. The van der Waals surface area contributed by atoms with Crippen LogP contribution in [0.2, 0.25) is 5.02 Å². The highest BCUT2D eigenvalue weighted by Gasteiger charge is 2.75. The maximum absolute atomic E-state index is 13.4. The lowest BCUT2D eigenvalue weighted by molar-refractivity contribution is -0.336. The van der Waals surface area contributed by atoms with Crippen LogP contribution in [0, 0.1) is 0 Å². The van der Waals surface area contributed by atoms with Crippen molar-refractivity contribution in [2.45, 2.75) is 18.0 Å². The Balaban J connectivity index is 3.34. The molecule has 0 unspecified atom stereocenters. The molecule has 0 fully saturated rings. The second-order valence-corrected chi connectivity index (χ2v) is 4.04. The van der Waals surface area contributed by atoms with Gasteiger partial charge in [0.25, 0.3) is 0 Å².